The Labute approximate surface area is 690 Å². The number of fused-ring (bicyclic) bond motifs is 3. The average molecular weight is 1690 g/mol. The summed E-state index contributed by atoms with van der Waals surface area (Å²) < 4.78 is 11.7. The number of phenols is 2. The fourth-order valence-electron chi connectivity index (χ4n) is 14.8. The minimum Gasteiger partial charge on any atom is -0.507 e. The predicted molar refractivity (Wildman–Crippen MR) is 434 cm³/mol. The number of carbonyl (C=O) groups excluding carboxylic acids is 12. The molecule has 14 atom stereocenters. The van der Waals surface area contributed by atoms with Crippen LogP contribution in [0.15, 0.2) is 18.2 Å². The summed E-state index contributed by atoms with van der Waals surface area (Å²) in [6, 6.07) is -6.63. The van der Waals surface area contributed by atoms with Gasteiger partial charge in [-0.3, -0.25) is 94.9 Å². The molecule has 0 saturated carbocycles. The van der Waals surface area contributed by atoms with Crippen molar-refractivity contribution >= 4 is 112 Å². The third-order valence-electron chi connectivity index (χ3n) is 20.8. The molecule has 45 nitrogen and oxygen atoms in total. The second-order valence-corrected chi connectivity index (χ2v) is 30.9. The number of aliphatic hydroxyl groups excluding tert-OH is 2. The van der Waals surface area contributed by atoms with Crippen LogP contribution in [0.2, 0.25) is 0 Å². The van der Waals surface area contributed by atoms with Crippen molar-refractivity contribution in [3.05, 3.63) is 51.6 Å². The number of amides is 10. The number of ketones is 2. The molecule has 119 heavy (non-hydrogen) atoms. The van der Waals surface area contributed by atoms with Gasteiger partial charge in [-0.15, -0.1) is 11.8 Å². The van der Waals surface area contributed by atoms with Crippen LogP contribution in [0.5, 0.6) is 17.2 Å². The van der Waals surface area contributed by atoms with Gasteiger partial charge in [0.05, 0.1) is 65.6 Å². The summed E-state index contributed by atoms with van der Waals surface area (Å²) >= 11 is 0.843. The van der Waals surface area contributed by atoms with E-state index in [-0.39, 0.29) is 188 Å². The van der Waals surface area contributed by atoms with Gasteiger partial charge in [-0.1, -0.05) is 18.6 Å². The first kappa shape index (κ1) is 96.4. The molecule has 0 radical (unpaired) electrons. The topological polar surface area (TPSA) is 777 Å². The number of aromatic hydroxyl groups is 2. The highest BCUT2D eigenvalue weighted by Crippen LogP contribution is 2.54. The maximum atomic E-state index is 14.6. The number of thioether (sulfide) groups is 1. The number of nitrogens with zero attached hydrogens (tertiary/aromatic N) is 2. The Morgan fingerprint density at radius 2 is 1.08 bits per heavy atom. The average Bonchev–Trinajstić information content (AvgIpc) is 0.933. The van der Waals surface area contributed by atoms with Crippen molar-refractivity contribution < 1.29 is 92.5 Å². The molecule has 36 N–H and O–H groups in total. The highest BCUT2D eigenvalue weighted by atomic mass is 32.2. The van der Waals surface area contributed by atoms with Crippen molar-refractivity contribution in [3.63, 3.8) is 0 Å². The van der Waals surface area contributed by atoms with Gasteiger partial charge in [-0.25, -0.2) is 5.01 Å². The van der Waals surface area contributed by atoms with Crippen molar-refractivity contribution in [3.8, 4) is 17.2 Å². The molecule has 2 aromatic carbocycles. The third kappa shape index (κ3) is 27.3. The number of benzene rings is 2. The molecule has 10 amide bonds. The third-order valence-corrected chi connectivity index (χ3v) is 22.1. The number of aliphatic hydroxyl groups is 3. The lowest BCUT2D eigenvalue weighted by atomic mass is 9.65. The number of methoxy groups -OCH3 is 1. The highest BCUT2D eigenvalue weighted by Gasteiger charge is 2.53. The van der Waals surface area contributed by atoms with Crippen LogP contribution in [0.3, 0.4) is 0 Å². The number of hydrogen-bond donors (Lipinski definition) is 29. The van der Waals surface area contributed by atoms with Crippen molar-refractivity contribution in [2.24, 2.45) is 40.1 Å². The molecule has 658 valence electrons. The molecular formula is C73H116N26O19S. The van der Waals surface area contributed by atoms with Gasteiger partial charge in [0.25, 0.3) is 0 Å². The molecule has 4 aliphatic rings. The number of hydrogen-bond acceptors (Lipinski definition) is 27. The Bertz CT molecular complexity index is 4070. The van der Waals surface area contributed by atoms with Crippen molar-refractivity contribution in [2.75, 3.05) is 65.8 Å². The zero-order valence-electron chi connectivity index (χ0n) is 66.9. The van der Waals surface area contributed by atoms with Crippen molar-refractivity contribution in [1.82, 2.24) is 73.8 Å². The van der Waals surface area contributed by atoms with E-state index in [4.69, 9.17) is 76.7 Å². The molecule has 8 unspecified atom stereocenters. The quantitative estimate of drug-likeness (QED) is 0.00624. The van der Waals surface area contributed by atoms with E-state index in [2.05, 4.69) is 63.9 Å². The number of rotatable bonds is 47. The first-order chi connectivity index (χ1) is 56.2. The van der Waals surface area contributed by atoms with E-state index in [9.17, 15) is 83.1 Å². The number of carbonyl (C=O) groups is 12. The fourth-order valence-corrected chi connectivity index (χ4v) is 16.0. The second kappa shape index (κ2) is 45.5. The van der Waals surface area contributed by atoms with Crippen LogP contribution in [0.4, 0.5) is 0 Å². The Morgan fingerprint density at radius 3 is 1.50 bits per heavy atom. The van der Waals surface area contributed by atoms with Crippen LogP contribution in [0, 0.1) is 27.0 Å². The Kier molecular flexibility index (Phi) is 36.8. The van der Waals surface area contributed by atoms with E-state index in [1.807, 2.05) is 0 Å². The van der Waals surface area contributed by atoms with Gasteiger partial charge in [0, 0.05) is 107 Å². The van der Waals surface area contributed by atoms with Gasteiger partial charge in [0.2, 0.25) is 64.9 Å². The number of phenolic OH excluding ortho intramolecular Hbond substituents is 2. The largest absolute Gasteiger partial charge is 0.507 e. The monoisotopic (exact) mass is 1690 g/mol. The molecule has 6 rings (SSSR count). The minimum absolute atomic E-state index is 0.00144. The number of unbranched alkanes of at least 4 members (excludes halogenated alkanes) is 2. The lowest BCUT2D eigenvalue weighted by molar-refractivity contribution is -0.147. The molecule has 2 saturated heterocycles. The molecule has 2 heterocycles. The highest BCUT2D eigenvalue weighted by molar-refractivity contribution is 8.00. The van der Waals surface area contributed by atoms with Gasteiger partial charge in [-0.2, -0.15) is 0 Å². The first-order valence-corrected chi connectivity index (χ1v) is 40.0. The SMILES string of the molecule is COc1cccc2c1C(=O)c1c(O)c3c(c(O)c1C2=O)C[C@@](O)(C(CO)N(C)NC(=O)CCCCCN1C(=O)CC(SCC(NC(=O)[C@@H](CCCNC(=N)N)NC(=O)C(CCCNC(=N)N)NC(=O)[C@@H](CCCNC(=N)N)NC(=O)C(CCCNC(=N)N)NC(=O)[C@@H](CCCNC(=N)N)NC(C)=O)C(N)=O)C1=O)CC3[C@H]1CC(N)C(O)[C@H](C)O1. The molecule has 0 bridgehead atoms. The van der Waals surface area contributed by atoms with Crippen LogP contribution < -0.4 is 109 Å². The fraction of sp³-hybridized carbons (Fsp3) is 0.603. The van der Waals surface area contributed by atoms with E-state index in [0.29, 0.717) is 6.42 Å². The maximum absolute atomic E-state index is 14.6. The molecule has 2 aliphatic carbocycles. The van der Waals surface area contributed by atoms with Crippen LogP contribution in [-0.2, 0) is 59.1 Å². The maximum Gasteiger partial charge on any atom is 0.243 e. The molecular weight excluding hydrogens is 1580 g/mol. The number of likely N-dealkylation sites (tertiary alicyclic amines) is 1. The minimum atomic E-state index is -2.09. The first-order valence-electron chi connectivity index (χ1n) is 39.0. The summed E-state index contributed by atoms with van der Waals surface area (Å²) in [5.74, 6) is -14.5. The van der Waals surface area contributed by atoms with Crippen LogP contribution in [-0.4, -0.2) is 279 Å². The summed E-state index contributed by atoms with van der Waals surface area (Å²) in [4.78, 5) is 168. The zero-order valence-corrected chi connectivity index (χ0v) is 67.7. The normalized spacial score (nSPS) is 20.3. The second-order valence-electron chi connectivity index (χ2n) is 29.7. The zero-order chi connectivity index (χ0) is 88.3. The number of nitrogens with one attached hydrogen (secondary N) is 17. The van der Waals surface area contributed by atoms with Gasteiger partial charge in [0.15, 0.2) is 35.6 Å². The number of nitrogens with two attached hydrogens (primary N) is 7. The lowest BCUT2D eigenvalue weighted by Gasteiger charge is -2.49. The Morgan fingerprint density at radius 1 is 0.639 bits per heavy atom. The number of ether oxygens (including phenoxy) is 2. The molecule has 46 heteroatoms. The predicted octanol–water partition coefficient (Wildman–Crippen LogP) is -7.02. The van der Waals surface area contributed by atoms with Gasteiger partial charge >= 0.3 is 0 Å². The number of primary amides is 1. The van der Waals surface area contributed by atoms with Crippen molar-refractivity contribution in [1.29, 1.82) is 27.0 Å². The van der Waals surface area contributed by atoms with Gasteiger partial charge < -0.3 is 134 Å². The molecule has 2 aliphatic heterocycles. The Balaban J connectivity index is 1.10. The lowest BCUT2D eigenvalue weighted by Crippen LogP contribution is -2.62. The molecule has 2 aromatic rings. The van der Waals surface area contributed by atoms with Crippen molar-refractivity contribution in [2.45, 2.75) is 213 Å². The summed E-state index contributed by atoms with van der Waals surface area (Å²) in [5, 5.41) is 126. The van der Waals surface area contributed by atoms with Crippen LogP contribution >= 0.6 is 11.8 Å². The smallest absolute Gasteiger partial charge is 0.243 e. The van der Waals surface area contributed by atoms with Gasteiger partial charge in [-0.05, 0) is 103 Å². The summed E-state index contributed by atoms with van der Waals surface area (Å²) in [6.07, 6.45) is -3.77. The number of likely N-dealkylation sites (N-methyl/N-ethyl adjacent to an activating group) is 1. The standard InChI is InChI=1S/C73H116N26O19S/c1-34-56(104)39(74)28-47(118-34)37-30-73(116,31-38-52(37)59(107)55-54(58(38)106)57(105)36-14-8-20-46(117-4)53(36)60(55)108)49(32-100)98(3)97-50(102)21-6-5-7-27-99-51(103)29-48(67(99)115)119-33-45(61(75)109)96-66(114)44(19-13-26-90-72(84)85)95-65(113)43(18-12-25-89-71(82)83)94-64(112)42(17-11-24-88-70(80)81)93-63(111)41(16-10-23-87-69(78)79)92-62(110)40(91-35(2)101)15-9-22-86-68(76)77/h8,14,20,34,37,39-45,47-49,56,100,104,106-107,116H,5-7,9-13,15-19,21-33,74H2,1-4H3,(H2,75,109)(H,91,101)(H,92,110)(H,93,111)(H,94,112)(H,95,113)(H,96,114)(H,97,102)(H4,76,77,86)(H4,78,79,87)(H4,80,81,88)(H4,82,83,89)(H4,84,85,90)/t34-,37?,39?,40+,41?,42+,43?,44+,45?,47+,48?,49?,56?,73+/m0/s1. The number of guanidine groups is 5. The van der Waals surface area contributed by atoms with E-state index < -0.39 is 208 Å². The molecule has 2 fully saturated rings. The summed E-state index contributed by atoms with van der Waals surface area (Å²) in [7, 11) is 2.68. The number of hydrazine groups is 1. The number of imide groups is 1. The van der Waals surface area contributed by atoms with Crippen LogP contribution in [0.1, 0.15) is 172 Å². The van der Waals surface area contributed by atoms with Gasteiger partial charge in [0.1, 0.15) is 53.5 Å². The van der Waals surface area contributed by atoms with E-state index in [1.54, 1.807) is 6.92 Å². The Hall–Kier alpha value is -11.5. The summed E-state index contributed by atoms with van der Waals surface area (Å²) in [6.45, 7) is 2.09. The summed E-state index contributed by atoms with van der Waals surface area (Å²) in [5.41, 5.74) is 38.8. The molecule has 0 aromatic heterocycles. The van der Waals surface area contributed by atoms with E-state index in [0.717, 1.165) is 16.7 Å². The molecule has 0 spiro atoms. The van der Waals surface area contributed by atoms with Crippen LogP contribution in [0.25, 0.3) is 0 Å². The van der Waals surface area contributed by atoms with E-state index in [1.165, 1.54) is 44.3 Å². The van der Waals surface area contributed by atoms with E-state index >= 15 is 0 Å².